The SMILES string of the molecule is CC(O)(CC=O)C1CCCN1. The van der Waals surface area contributed by atoms with E-state index < -0.39 is 5.60 Å². The Morgan fingerprint density at radius 1 is 1.82 bits per heavy atom. The molecule has 1 aliphatic heterocycles. The average Bonchev–Trinajstić information content (AvgIpc) is 2.37. The smallest absolute Gasteiger partial charge is 0.122 e. The van der Waals surface area contributed by atoms with Crippen molar-refractivity contribution in [3.8, 4) is 0 Å². The van der Waals surface area contributed by atoms with Crippen molar-refractivity contribution in [3.63, 3.8) is 0 Å². The van der Waals surface area contributed by atoms with E-state index in [2.05, 4.69) is 5.32 Å². The van der Waals surface area contributed by atoms with Crippen molar-refractivity contribution in [2.75, 3.05) is 6.54 Å². The van der Waals surface area contributed by atoms with Gasteiger partial charge in [0.15, 0.2) is 0 Å². The Bertz CT molecular complexity index is 139. The van der Waals surface area contributed by atoms with E-state index >= 15 is 0 Å². The minimum atomic E-state index is -0.849. The molecule has 0 amide bonds. The van der Waals surface area contributed by atoms with Gasteiger partial charge in [0.2, 0.25) is 0 Å². The van der Waals surface area contributed by atoms with Crippen LogP contribution in [0.15, 0.2) is 0 Å². The molecule has 2 atom stereocenters. The van der Waals surface area contributed by atoms with Gasteiger partial charge >= 0.3 is 0 Å². The van der Waals surface area contributed by atoms with E-state index in [0.29, 0.717) is 0 Å². The first-order valence-corrected chi connectivity index (χ1v) is 4.06. The summed E-state index contributed by atoms with van der Waals surface area (Å²) in [5, 5.41) is 12.9. The van der Waals surface area contributed by atoms with Crippen LogP contribution >= 0.6 is 0 Å². The van der Waals surface area contributed by atoms with Gasteiger partial charge in [-0.3, -0.25) is 0 Å². The van der Waals surface area contributed by atoms with Crippen LogP contribution < -0.4 is 5.32 Å². The normalized spacial score (nSPS) is 29.8. The number of carbonyl (C=O) groups is 1. The third kappa shape index (κ3) is 2.01. The molecule has 11 heavy (non-hydrogen) atoms. The van der Waals surface area contributed by atoms with Gasteiger partial charge in [0.05, 0.1) is 5.60 Å². The third-order valence-corrected chi connectivity index (χ3v) is 2.31. The lowest BCUT2D eigenvalue weighted by molar-refractivity contribution is -0.112. The molecular formula is C8H15NO2. The van der Waals surface area contributed by atoms with Crippen molar-refractivity contribution >= 4 is 6.29 Å². The van der Waals surface area contributed by atoms with E-state index in [0.717, 1.165) is 25.7 Å². The van der Waals surface area contributed by atoms with Gasteiger partial charge < -0.3 is 15.2 Å². The predicted octanol–water partition coefficient (Wildman–Crippen LogP) is 0.0784. The number of aldehydes is 1. The van der Waals surface area contributed by atoms with Crippen LogP contribution in [0.1, 0.15) is 26.2 Å². The highest BCUT2D eigenvalue weighted by atomic mass is 16.3. The standard InChI is InChI=1S/C8H15NO2/c1-8(11,4-6-10)7-3-2-5-9-7/h6-7,9,11H,2-5H2,1H3. The van der Waals surface area contributed by atoms with Crippen molar-refractivity contribution in [1.82, 2.24) is 5.32 Å². The van der Waals surface area contributed by atoms with Crippen LogP contribution in [-0.4, -0.2) is 29.6 Å². The fourth-order valence-electron chi connectivity index (χ4n) is 1.53. The molecule has 0 aromatic carbocycles. The first kappa shape index (κ1) is 8.68. The lowest BCUT2D eigenvalue weighted by Crippen LogP contribution is -2.45. The van der Waals surface area contributed by atoms with Gasteiger partial charge in [0.25, 0.3) is 0 Å². The molecule has 2 N–H and O–H groups in total. The van der Waals surface area contributed by atoms with Crippen LogP contribution in [0.3, 0.4) is 0 Å². The number of rotatable bonds is 3. The zero-order valence-corrected chi connectivity index (χ0v) is 6.84. The van der Waals surface area contributed by atoms with Crippen LogP contribution in [0.2, 0.25) is 0 Å². The van der Waals surface area contributed by atoms with E-state index in [4.69, 9.17) is 0 Å². The molecule has 3 heteroatoms. The molecule has 1 aliphatic rings. The van der Waals surface area contributed by atoms with Gasteiger partial charge in [-0.15, -0.1) is 0 Å². The second kappa shape index (κ2) is 3.32. The summed E-state index contributed by atoms with van der Waals surface area (Å²) in [6, 6.07) is 0.104. The van der Waals surface area contributed by atoms with Gasteiger partial charge in [0.1, 0.15) is 6.29 Å². The highest BCUT2D eigenvalue weighted by molar-refractivity contribution is 5.51. The summed E-state index contributed by atoms with van der Waals surface area (Å²) in [5.74, 6) is 0. The average molecular weight is 157 g/mol. The molecule has 1 rings (SSSR count). The summed E-state index contributed by atoms with van der Waals surface area (Å²) in [4.78, 5) is 10.2. The minimum Gasteiger partial charge on any atom is -0.388 e. The maximum atomic E-state index is 10.2. The second-order valence-corrected chi connectivity index (χ2v) is 3.38. The molecule has 0 saturated carbocycles. The Balaban J connectivity index is 2.47. The van der Waals surface area contributed by atoms with Crippen molar-refractivity contribution in [2.24, 2.45) is 0 Å². The molecule has 64 valence electrons. The molecule has 0 aliphatic carbocycles. The second-order valence-electron chi connectivity index (χ2n) is 3.38. The molecule has 0 aromatic heterocycles. The molecule has 0 radical (unpaired) electrons. The number of aliphatic hydroxyl groups is 1. The summed E-state index contributed by atoms with van der Waals surface area (Å²) in [5.41, 5.74) is -0.849. The van der Waals surface area contributed by atoms with E-state index in [1.165, 1.54) is 0 Å². The van der Waals surface area contributed by atoms with Crippen molar-refractivity contribution in [1.29, 1.82) is 0 Å². The topological polar surface area (TPSA) is 49.3 Å². The van der Waals surface area contributed by atoms with Gasteiger partial charge in [-0.05, 0) is 26.3 Å². The van der Waals surface area contributed by atoms with Crippen LogP contribution in [0.5, 0.6) is 0 Å². The quantitative estimate of drug-likeness (QED) is 0.570. The van der Waals surface area contributed by atoms with E-state index in [1.807, 2.05) is 0 Å². The van der Waals surface area contributed by atoms with Gasteiger partial charge in [-0.2, -0.15) is 0 Å². The summed E-state index contributed by atoms with van der Waals surface area (Å²) in [6.07, 6.45) is 3.07. The molecule has 1 heterocycles. The summed E-state index contributed by atoms with van der Waals surface area (Å²) >= 11 is 0. The molecule has 1 saturated heterocycles. The number of hydrogen-bond donors (Lipinski definition) is 2. The Morgan fingerprint density at radius 3 is 3.00 bits per heavy atom. The highest BCUT2D eigenvalue weighted by Gasteiger charge is 2.33. The fraction of sp³-hybridized carbons (Fsp3) is 0.875. The lowest BCUT2D eigenvalue weighted by atomic mass is 9.92. The number of nitrogens with one attached hydrogen (secondary N) is 1. The Morgan fingerprint density at radius 2 is 2.55 bits per heavy atom. The predicted molar refractivity (Wildman–Crippen MR) is 42.3 cm³/mol. The van der Waals surface area contributed by atoms with E-state index in [1.54, 1.807) is 6.92 Å². The van der Waals surface area contributed by atoms with Crippen LogP contribution in [0, 0.1) is 0 Å². The Kier molecular flexibility index (Phi) is 2.62. The molecule has 0 spiro atoms. The Labute approximate surface area is 66.8 Å². The van der Waals surface area contributed by atoms with Crippen LogP contribution in [-0.2, 0) is 4.79 Å². The molecule has 1 fully saturated rings. The summed E-state index contributed by atoms with van der Waals surface area (Å²) < 4.78 is 0. The van der Waals surface area contributed by atoms with Gasteiger partial charge in [-0.25, -0.2) is 0 Å². The van der Waals surface area contributed by atoms with Crippen LogP contribution in [0.4, 0.5) is 0 Å². The maximum Gasteiger partial charge on any atom is 0.122 e. The molecule has 3 nitrogen and oxygen atoms in total. The monoisotopic (exact) mass is 157 g/mol. The first-order valence-electron chi connectivity index (χ1n) is 4.06. The number of carbonyl (C=O) groups excluding carboxylic acids is 1. The van der Waals surface area contributed by atoms with Crippen LogP contribution in [0.25, 0.3) is 0 Å². The largest absolute Gasteiger partial charge is 0.388 e. The highest BCUT2D eigenvalue weighted by Crippen LogP contribution is 2.20. The van der Waals surface area contributed by atoms with Gasteiger partial charge in [0, 0.05) is 12.5 Å². The van der Waals surface area contributed by atoms with Crippen molar-refractivity contribution in [3.05, 3.63) is 0 Å². The zero-order chi connectivity index (χ0) is 8.32. The third-order valence-electron chi connectivity index (χ3n) is 2.31. The van der Waals surface area contributed by atoms with Gasteiger partial charge in [-0.1, -0.05) is 0 Å². The van der Waals surface area contributed by atoms with Crippen molar-refractivity contribution < 1.29 is 9.90 Å². The molecule has 2 unspecified atom stereocenters. The fourth-order valence-corrected chi connectivity index (χ4v) is 1.53. The summed E-state index contributed by atoms with van der Waals surface area (Å²) in [7, 11) is 0. The minimum absolute atomic E-state index is 0.104. The zero-order valence-electron chi connectivity index (χ0n) is 6.84. The van der Waals surface area contributed by atoms with Crippen molar-refractivity contribution in [2.45, 2.75) is 37.8 Å². The molecule has 0 bridgehead atoms. The Hall–Kier alpha value is -0.410. The van der Waals surface area contributed by atoms with E-state index in [-0.39, 0.29) is 12.5 Å². The molecule has 0 aromatic rings. The van der Waals surface area contributed by atoms with E-state index in [9.17, 15) is 9.90 Å². The summed E-state index contributed by atoms with van der Waals surface area (Å²) in [6.45, 7) is 2.67. The number of hydrogen-bond acceptors (Lipinski definition) is 3. The lowest BCUT2D eigenvalue weighted by Gasteiger charge is -2.27. The first-order chi connectivity index (χ1) is 5.17. The maximum absolute atomic E-state index is 10.2. The molecular weight excluding hydrogens is 142 g/mol.